The van der Waals surface area contributed by atoms with E-state index in [-0.39, 0.29) is 18.9 Å². The van der Waals surface area contributed by atoms with E-state index in [0.29, 0.717) is 12.1 Å². The molecule has 0 unspecified atom stereocenters. The van der Waals surface area contributed by atoms with Crippen molar-refractivity contribution in [2.75, 3.05) is 19.6 Å². The van der Waals surface area contributed by atoms with Gasteiger partial charge < -0.3 is 16.0 Å². The van der Waals surface area contributed by atoms with Crippen LogP contribution in [0.1, 0.15) is 32.3 Å². The van der Waals surface area contributed by atoms with Crippen LogP contribution in [0.5, 0.6) is 0 Å². The number of rotatable bonds is 8. The van der Waals surface area contributed by atoms with Crippen LogP contribution in [-0.4, -0.2) is 48.3 Å². The fourth-order valence-corrected chi connectivity index (χ4v) is 2.85. The van der Waals surface area contributed by atoms with Gasteiger partial charge in [0.05, 0.1) is 6.54 Å². The Morgan fingerprint density at radius 1 is 1.11 bits per heavy atom. The molecule has 0 radical (unpaired) electrons. The van der Waals surface area contributed by atoms with Crippen molar-refractivity contribution < 1.29 is 23.6 Å². The molecule has 3 N–H and O–H groups in total. The Kier molecular flexibility index (Phi) is 6.49. The predicted molar refractivity (Wildman–Crippen MR) is 94.9 cm³/mol. The van der Waals surface area contributed by atoms with Crippen LogP contribution in [0.15, 0.2) is 24.3 Å². The van der Waals surface area contributed by atoms with Gasteiger partial charge in [-0.05, 0) is 30.5 Å². The Morgan fingerprint density at radius 2 is 1.78 bits per heavy atom. The van der Waals surface area contributed by atoms with Gasteiger partial charge in [-0.15, -0.1) is 0 Å². The zero-order valence-corrected chi connectivity index (χ0v) is 15.3. The zero-order valence-electron chi connectivity index (χ0n) is 15.3. The molecular formula is C18H23FN4O4. The van der Waals surface area contributed by atoms with Crippen molar-refractivity contribution in [3.8, 4) is 0 Å². The first kappa shape index (κ1) is 20.3. The summed E-state index contributed by atoms with van der Waals surface area (Å²) in [6.07, 6.45) is 1.01. The van der Waals surface area contributed by atoms with Gasteiger partial charge in [-0.25, -0.2) is 9.18 Å². The maximum atomic E-state index is 13.2. The topological polar surface area (TPSA) is 108 Å². The quantitative estimate of drug-likeness (QED) is 0.577. The van der Waals surface area contributed by atoms with Gasteiger partial charge in [-0.1, -0.05) is 26.0 Å². The van der Waals surface area contributed by atoms with E-state index in [4.69, 9.17) is 0 Å². The maximum Gasteiger partial charge on any atom is 0.325 e. The first-order chi connectivity index (χ1) is 12.8. The Morgan fingerprint density at radius 3 is 2.37 bits per heavy atom. The predicted octanol–water partition coefficient (Wildman–Crippen LogP) is 0.625. The summed E-state index contributed by atoms with van der Waals surface area (Å²) >= 11 is 0. The van der Waals surface area contributed by atoms with Crippen LogP contribution in [0.2, 0.25) is 0 Å². The molecule has 1 heterocycles. The van der Waals surface area contributed by atoms with Crippen molar-refractivity contribution in [3.63, 3.8) is 0 Å². The van der Waals surface area contributed by atoms with Crippen molar-refractivity contribution >= 4 is 23.8 Å². The van der Waals surface area contributed by atoms with E-state index >= 15 is 0 Å². The SMILES string of the molecule is CCCNC(=O)CNC(=O)CN1C(=O)N[C@@](CC)(c2ccc(F)cc2)C1=O. The first-order valence-corrected chi connectivity index (χ1v) is 8.77. The largest absolute Gasteiger partial charge is 0.355 e. The number of nitrogens with zero attached hydrogens (tertiary/aromatic N) is 1. The van der Waals surface area contributed by atoms with Crippen LogP contribution in [0.3, 0.4) is 0 Å². The number of benzene rings is 1. The second-order valence-corrected chi connectivity index (χ2v) is 6.21. The van der Waals surface area contributed by atoms with Crippen molar-refractivity contribution in [1.29, 1.82) is 0 Å². The van der Waals surface area contributed by atoms with Gasteiger partial charge in [0.15, 0.2) is 0 Å². The zero-order chi connectivity index (χ0) is 20.0. The fourth-order valence-electron chi connectivity index (χ4n) is 2.85. The molecule has 5 amide bonds. The number of amides is 5. The molecule has 0 aromatic heterocycles. The minimum absolute atomic E-state index is 0.237. The molecule has 0 bridgehead atoms. The molecular weight excluding hydrogens is 355 g/mol. The van der Waals surface area contributed by atoms with Crippen LogP contribution in [0.25, 0.3) is 0 Å². The summed E-state index contributed by atoms with van der Waals surface area (Å²) in [4.78, 5) is 49.5. The van der Waals surface area contributed by atoms with E-state index in [0.717, 1.165) is 11.3 Å². The molecule has 0 spiro atoms. The highest BCUT2D eigenvalue weighted by Crippen LogP contribution is 2.32. The lowest BCUT2D eigenvalue weighted by molar-refractivity contribution is -0.135. The summed E-state index contributed by atoms with van der Waals surface area (Å²) in [6, 6.07) is 4.56. The van der Waals surface area contributed by atoms with E-state index in [1.54, 1.807) is 6.92 Å². The molecule has 1 atom stereocenters. The minimum atomic E-state index is -1.34. The summed E-state index contributed by atoms with van der Waals surface area (Å²) in [7, 11) is 0. The number of hydrogen-bond donors (Lipinski definition) is 3. The van der Waals surface area contributed by atoms with E-state index in [9.17, 15) is 23.6 Å². The Hall–Kier alpha value is -2.97. The Labute approximate surface area is 156 Å². The monoisotopic (exact) mass is 378 g/mol. The second kappa shape index (κ2) is 8.61. The molecule has 1 saturated heterocycles. The molecule has 1 aliphatic rings. The second-order valence-electron chi connectivity index (χ2n) is 6.21. The Balaban J connectivity index is 2.05. The standard InChI is InChI=1S/C18H23FN4O4/c1-3-9-20-14(24)10-21-15(25)11-23-16(26)18(4-2,22-17(23)27)12-5-7-13(19)8-6-12/h5-8H,3-4,9-11H2,1-2H3,(H,20,24)(H,21,25)(H,22,27)/t18-/m0/s1. The normalized spacial score (nSPS) is 19.0. The molecule has 9 heteroatoms. The fraction of sp³-hybridized carbons (Fsp3) is 0.444. The van der Waals surface area contributed by atoms with E-state index in [1.807, 2.05) is 6.92 Å². The summed E-state index contributed by atoms with van der Waals surface area (Å²) in [5.74, 6) is -2.03. The van der Waals surface area contributed by atoms with Crippen LogP contribution < -0.4 is 16.0 Å². The van der Waals surface area contributed by atoms with Gasteiger partial charge in [0.2, 0.25) is 11.8 Å². The molecule has 0 aliphatic carbocycles. The molecule has 27 heavy (non-hydrogen) atoms. The third-order valence-electron chi connectivity index (χ3n) is 4.36. The van der Waals surface area contributed by atoms with Gasteiger partial charge in [-0.3, -0.25) is 19.3 Å². The molecule has 2 rings (SSSR count). The first-order valence-electron chi connectivity index (χ1n) is 8.77. The van der Waals surface area contributed by atoms with Crippen molar-refractivity contribution in [2.24, 2.45) is 0 Å². The molecule has 0 saturated carbocycles. The van der Waals surface area contributed by atoms with Crippen LogP contribution >= 0.6 is 0 Å². The van der Waals surface area contributed by atoms with Gasteiger partial charge in [0.1, 0.15) is 17.9 Å². The molecule has 146 valence electrons. The maximum absolute atomic E-state index is 13.2. The van der Waals surface area contributed by atoms with Crippen molar-refractivity contribution in [3.05, 3.63) is 35.6 Å². The van der Waals surface area contributed by atoms with Crippen molar-refractivity contribution in [2.45, 2.75) is 32.2 Å². The number of hydrogen-bond acceptors (Lipinski definition) is 4. The molecule has 8 nitrogen and oxygen atoms in total. The Bertz CT molecular complexity index is 737. The molecule has 1 aromatic carbocycles. The minimum Gasteiger partial charge on any atom is -0.355 e. The third-order valence-corrected chi connectivity index (χ3v) is 4.36. The number of halogens is 1. The smallest absolute Gasteiger partial charge is 0.325 e. The molecule has 1 aliphatic heterocycles. The van der Waals surface area contributed by atoms with Crippen LogP contribution in [-0.2, 0) is 19.9 Å². The van der Waals surface area contributed by atoms with E-state index < -0.39 is 35.7 Å². The van der Waals surface area contributed by atoms with Gasteiger partial charge in [0, 0.05) is 6.54 Å². The lowest BCUT2D eigenvalue weighted by Crippen LogP contribution is -2.46. The van der Waals surface area contributed by atoms with Gasteiger partial charge in [0.25, 0.3) is 5.91 Å². The number of urea groups is 1. The van der Waals surface area contributed by atoms with Gasteiger partial charge >= 0.3 is 6.03 Å². The number of carbonyl (C=O) groups excluding carboxylic acids is 4. The average molecular weight is 378 g/mol. The van der Waals surface area contributed by atoms with Crippen LogP contribution in [0.4, 0.5) is 9.18 Å². The summed E-state index contributed by atoms with van der Waals surface area (Å²) in [6.45, 7) is 3.37. The van der Waals surface area contributed by atoms with Crippen LogP contribution in [0, 0.1) is 5.82 Å². The highest BCUT2D eigenvalue weighted by molar-refractivity contribution is 6.09. The van der Waals surface area contributed by atoms with E-state index in [1.165, 1.54) is 24.3 Å². The lowest BCUT2D eigenvalue weighted by atomic mass is 9.87. The molecule has 1 fully saturated rings. The summed E-state index contributed by atoms with van der Waals surface area (Å²) in [5.41, 5.74) is -0.907. The van der Waals surface area contributed by atoms with Crippen molar-refractivity contribution in [1.82, 2.24) is 20.9 Å². The summed E-state index contributed by atoms with van der Waals surface area (Å²) in [5, 5.41) is 7.59. The number of carbonyl (C=O) groups is 4. The highest BCUT2D eigenvalue weighted by Gasteiger charge is 2.51. The van der Waals surface area contributed by atoms with E-state index in [2.05, 4.69) is 16.0 Å². The third kappa shape index (κ3) is 4.42. The molecule has 1 aromatic rings. The number of nitrogens with one attached hydrogen (secondary N) is 3. The summed E-state index contributed by atoms with van der Waals surface area (Å²) < 4.78 is 13.2. The number of imide groups is 1. The average Bonchev–Trinajstić information content (AvgIpc) is 2.90. The lowest BCUT2D eigenvalue weighted by Gasteiger charge is -2.25. The van der Waals surface area contributed by atoms with Gasteiger partial charge in [-0.2, -0.15) is 0 Å². The highest BCUT2D eigenvalue weighted by atomic mass is 19.1.